The lowest BCUT2D eigenvalue weighted by Crippen LogP contribution is -2.24. The van der Waals surface area contributed by atoms with Gasteiger partial charge in [0, 0.05) is 6.54 Å². The molecular weight excluding hydrogens is 332 g/mol. The van der Waals surface area contributed by atoms with E-state index in [1.807, 2.05) is 38.7 Å². The van der Waals surface area contributed by atoms with Crippen molar-refractivity contribution in [2.24, 2.45) is 5.73 Å². The molecule has 1 atom stereocenters. The summed E-state index contributed by atoms with van der Waals surface area (Å²) >= 11 is 3.55. The number of hydrogen-bond acceptors (Lipinski definition) is 5. The van der Waals surface area contributed by atoms with Gasteiger partial charge in [-0.2, -0.15) is 15.3 Å². The number of likely N-dealkylation sites (N-methyl/N-ethyl adjacent to an activating group) is 1. The van der Waals surface area contributed by atoms with Gasteiger partial charge in [0.15, 0.2) is 0 Å². The van der Waals surface area contributed by atoms with Crippen LogP contribution < -0.4 is 5.73 Å². The molecule has 2 N–H and O–H groups in total. The number of rotatable bonds is 5. The Labute approximate surface area is 133 Å². The van der Waals surface area contributed by atoms with Crippen molar-refractivity contribution < 1.29 is 0 Å². The highest BCUT2D eigenvalue weighted by molar-refractivity contribution is 9.10. The van der Waals surface area contributed by atoms with Gasteiger partial charge in [-0.05, 0) is 55.5 Å². The Balaban J connectivity index is 2.36. The summed E-state index contributed by atoms with van der Waals surface area (Å²) in [6.07, 6.45) is 1.79. The molecule has 0 bridgehead atoms. The fourth-order valence-corrected chi connectivity index (χ4v) is 2.73. The minimum absolute atomic E-state index is 0.279. The second-order valence-corrected chi connectivity index (χ2v) is 6.26. The third kappa shape index (κ3) is 3.66. The smallest absolute Gasteiger partial charge is 0.0753 e. The molecule has 1 unspecified atom stereocenters. The van der Waals surface area contributed by atoms with Crippen LogP contribution in [0.25, 0.3) is 0 Å². The Hall–Kier alpha value is -1.31. The molecule has 0 aliphatic carbocycles. The average molecular weight is 353 g/mol. The fraction of sp³-hybridized carbons (Fsp3) is 0.500. The SMILES string of the molecule is Cc1cc(C(N)c2c(Br)cnn2CCN(C)C)c(C)nn1. The van der Waals surface area contributed by atoms with E-state index in [1.54, 1.807) is 6.20 Å². The maximum Gasteiger partial charge on any atom is 0.0753 e. The summed E-state index contributed by atoms with van der Waals surface area (Å²) in [6, 6.07) is 1.71. The van der Waals surface area contributed by atoms with Gasteiger partial charge >= 0.3 is 0 Å². The molecule has 7 heteroatoms. The topological polar surface area (TPSA) is 72.9 Å². The predicted octanol–water partition coefficient (Wildman–Crippen LogP) is 1.66. The first-order valence-corrected chi connectivity index (χ1v) is 7.61. The highest BCUT2D eigenvalue weighted by Gasteiger charge is 2.21. The number of aromatic nitrogens is 4. The monoisotopic (exact) mass is 352 g/mol. The molecule has 0 aromatic carbocycles. The van der Waals surface area contributed by atoms with Crippen molar-refractivity contribution >= 4 is 15.9 Å². The minimum atomic E-state index is -0.279. The van der Waals surface area contributed by atoms with Gasteiger partial charge in [-0.25, -0.2) is 0 Å². The quantitative estimate of drug-likeness (QED) is 0.885. The molecule has 0 fully saturated rings. The van der Waals surface area contributed by atoms with Crippen molar-refractivity contribution in [1.29, 1.82) is 0 Å². The Morgan fingerprint density at radius 2 is 2.05 bits per heavy atom. The van der Waals surface area contributed by atoms with Gasteiger partial charge < -0.3 is 10.6 Å². The molecule has 0 saturated heterocycles. The summed E-state index contributed by atoms with van der Waals surface area (Å²) in [6.45, 7) is 5.54. The summed E-state index contributed by atoms with van der Waals surface area (Å²) in [4.78, 5) is 2.12. The van der Waals surface area contributed by atoms with Crippen LogP contribution in [-0.4, -0.2) is 45.5 Å². The third-order valence-corrected chi connectivity index (χ3v) is 3.97. The largest absolute Gasteiger partial charge is 0.319 e. The van der Waals surface area contributed by atoms with E-state index in [4.69, 9.17) is 5.73 Å². The van der Waals surface area contributed by atoms with Crippen molar-refractivity contribution in [2.75, 3.05) is 20.6 Å². The van der Waals surface area contributed by atoms with E-state index >= 15 is 0 Å². The lowest BCUT2D eigenvalue weighted by molar-refractivity contribution is 0.368. The standard InChI is InChI=1S/C14H21BrN6/c1-9-7-11(10(2)19-18-9)13(16)14-12(15)8-17-21(14)6-5-20(3)4/h7-8,13H,5-6,16H2,1-4H3. The number of nitrogens with zero attached hydrogens (tertiary/aromatic N) is 5. The molecule has 0 aliphatic rings. The summed E-state index contributed by atoms with van der Waals surface area (Å²) in [5.74, 6) is 0. The van der Waals surface area contributed by atoms with Crippen molar-refractivity contribution in [3.8, 4) is 0 Å². The maximum atomic E-state index is 6.47. The van der Waals surface area contributed by atoms with E-state index in [9.17, 15) is 0 Å². The molecule has 2 rings (SSSR count). The van der Waals surface area contributed by atoms with Gasteiger partial charge in [-0.15, -0.1) is 0 Å². The average Bonchev–Trinajstić information content (AvgIpc) is 2.79. The van der Waals surface area contributed by atoms with Gasteiger partial charge in [0.2, 0.25) is 0 Å². The molecule has 0 saturated carbocycles. The molecule has 21 heavy (non-hydrogen) atoms. The number of hydrogen-bond donors (Lipinski definition) is 1. The van der Waals surface area contributed by atoms with E-state index in [0.29, 0.717) is 0 Å². The minimum Gasteiger partial charge on any atom is -0.319 e. The summed E-state index contributed by atoms with van der Waals surface area (Å²) in [5.41, 5.74) is 10.1. The van der Waals surface area contributed by atoms with Crippen LogP contribution in [0.2, 0.25) is 0 Å². The van der Waals surface area contributed by atoms with Crippen LogP contribution in [0.3, 0.4) is 0 Å². The molecule has 0 aliphatic heterocycles. The normalized spacial score (nSPS) is 12.9. The van der Waals surface area contributed by atoms with Crippen LogP contribution in [0.15, 0.2) is 16.7 Å². The number of halogens is 1. The molecule has 0 amide bonds. The van der Waals surface area contributed by atoms with Gasteiger partial charge in [-0.3, -0.25) is 4.68 Å². The molecule has 2 aromatic heterocycles. The van der Waals surface area contributed by atoms with Gasteiger partial charge in [0.25, 0.3) is 0 Å². The van der Waals surface area contributed by atoms with Crippen molar-refractivity contribution in [1.82, 2.24) is 24.9 Å². The molecule has 114 valence electrons. The first-order chi connectivity index (χ1) is 9.90. The van der Waals surface area contributed by atoms with Crippen LogP contribution >= 0.6 is 15.9 Å². The van der Waals surface area contributed by atoms with Crippen LogP contribution in [0.1, 0.15) is 28.7 Å². The summed E-state index contributed by atoms with van der Waals surface area (Å²) in [7, 11) is 4.08. The van der Waals surface area contributed by atoms with Gasteiger partial charge in [0.05, 0.1) is 40.3 Å². The van der Waals surface area contributed by atoms with E-state index < -0.39 is 0 Å². The van der Waals surface area contributed by atoms with Crippen molar-refractivity contribution in [3.63, 3.8) is 0 Å². The van der Waals surface area contributed by atoms with Gasteiger partial charge in [0.1, 0.15) is 0 Å². The molecule has 2 heterocycles. The first kappa shape index (κ1) is 16.1. The zero-order valence-electron chi connectivity index (χ0n) is 12.8. The lowest BCUT2D eigenvalue weighted by atomic mass is 10.0. The predicted molar refractivity (Wildman–Crippen MR) is 86.0 cm³/mol. The second-order valence-electron chi connectivity index (χ2n) is 5.41. The Morgan fingerprint density at radius 3 is 2.71 bits per heavy atom. The number of nitrogens with two attached hydrogens (primary N) is 1. The van der Waals surface area contributed by atoms with Crippen LogP contribution in [-0.2, 0) is 6.54 Å². The summed E-state index contributed by atoms with van der Waals surface area (Å²) < 4.78 is 2.87. The molecular formula is C14H21BrN6. The molecule has 2 aromatic rings. The first-order valence-electron chi connectivity index (χ1n) is 6.82. The Kier molecular flexibility index (Phi) is 5.08. The Bertz CT molecular complexity index is 622. The fourth-order valence-electron chi connectivity index (χ4n) is 2.19. The van der Waals surface area contributed by atoms with Crippen molar-refractivity contribution in [2.45, 2.75) is 26.4 Å². The van der Waals surface area contributed by atoms with E-state index in [0.717, 1.165) is 40.2 Å². The second kappa shape index (κ2) is 6.64. The summed E-state index contributed by atoms with van der Waals surface area (Å²) in [5, 5.41) is 12.6. The van der Waals surface area contributed by atoms with Gasteiger partial charge in [-0.1, -0.05) is 0 Å². The third-order valence-electron chi connectivity index (χ3n) is 3.36. The van der Waals surface area contributed by atoms with E-state index in [2.05, 4.69) is 36.1 Å². The zero-order chi connectivity index (χ0) is 15.6. The molecule has 6 nitrogen and oxygen atoms in total. The highest BCUT2D eigenvalue weighted by Crippen LogP contribution is 2.28. The highest BCUT2D eigenvalue weighted by atomic mass is 79.9. The molecule has 0 spiro atoms. The van der Waals surface area contributed by atoms with Crippen LogP contribution in [0, 0.1) is 13.8 Å². The number of aryl methyl sites for hydroxylation is 2. The zero-order valence-corrected chi connectivity index (χ0v) is 14.4. The van der Waals surface area contributed by atoms with Crippen molar-refractivity contribution in [3.05, 3.63) is 39.4 Å². The molecule has 0 radical (unpaired) electrons. The van der Waals surface area contributed by atoms with Crippen LogP contribution in [0.5, 0.6) is 0 Å². The van der Waals surface area contributed by atoms with Crippen LogP contribution in [0.4, 0.5) is 0 Å². The van der Waals surface area contributed by atoms with E-state index in [1.165, 1.54) is 0 Å². The Morgan fingerprint density at radius 1 is 1.33 bits per heavy atom. The van der Waals surface area contributed by atoms with E-state index in [-0.39, 0.29) is 6.04 Å². The lowest BCUT2D eigenvalue weighted by Gasteiger charge is -2.18. The maximum absolute atomic E-state index is 6.47.